The van der Waals surface area contributed by atoms with Crippen molar-refractivity contribution in [2.45, 2.75) is 11.8 Å². The van der Waals surface area contributed by atoms with E-state index in [1.165, 1.54) is 12.1 Å². The number of alkyl halides is 3. The third-order valence-electron chi connectivity index (χ3n) is 3.46. The van der Waals surface area contributed by atoms with Crippen LogP contribution >= 0.6 is 0 Å². The van der Waals surface area contributed by atoms with Crippen LogP contribution in [0.4, 0.5) is 13.2 Å². The Kier molecular flexibility index (Phi) is 2.76. The average molecular weight is 280 g/mol. The van der Waals surface area contributed by atoms with Gasteiger partial charge in [-0.25, -0.2) is 0 Å². The summed E-state index contributed by atoms with van der Waals surface area (Å²) in [6, 6.07) is 11.5. The molecule has 0 fully saturated rings. The first-order chi connectivity index (χ1) is 9.41. The zero-order valence-electron chi connectivity index (χ0n) is 10.3. The van der Waals surface area contributed by atoms with Gasteiger partial charge in [0.05, 0.1) is 5.56 Å². The topological polar surface area (TPSA) is 29.5 Å². The molecule has 0 saturated heterocycles. The molecular weight excluding hydrogens is 269 g/mol. The van der Waals surface area contributed by atoms with Crippen molar-refractivity contribution in [3.8, 4) is 5.75 Å². The van der Waals surface area contributed by atoms with E-state index in [-0.39, 0.29) is 6.61 Å². The Hall–Kier alpha value is -2.01. The summed E-state index contributed by atoms with van der Waals surface area (Å²) >= 11 is 0. The summed E-state index contributed by atoms with van der Waals surface area (Å²) < 4.78 is 43.0. The predicted molar refractivity (Wildman–Crippen MR) is 66.4 cm³/mol. The second kappa shape index (κ2) is 4.24. The minimum absolute atomic E-state index is 0.00227. The monoisotopic (exact) mass is 280 g/mol. The van der Waals surface area contributed by atoms with Crippen molar-refractivity contribution in [1.29, 1.82) is 0 Å². The van der Waals surface area contributed by atoms with Crippen molar-refractivity contribution in [3.63, 3.8) is 0 Å². The van der Waals surface area contributed by atoms with Gasteiger partial charge in [0, 0.05) is 5.56 Å². The Morgan fingerprint density at radius 2 is 1.65 bits per heavy atom. The highest BCUT2D eigenvalue weighted by Crippen LogP contribution is 2.42. The zero-order chi connectivity index (χ0) is 14.4. The summed E-state index contributed by atoms with van der Waals surface area (Å²) in [6.45, 7) is -0.00227. The van der Waals surface area contributed by atoms with E-state index in [1.54, 1.807) is 24.3 Å². The van der Waals surface area contributed by atoms with Gasteiger partial charge in [-0.3, -0.25) is 0 Å². The molecule has 0 radical (unpaired) electrons. The Bertz CT molecular complexity index is 634. The van der Waals surface area contributed by atoms with Gasteiger partial charge in [-0.2, -0.15) is 13.2 Å². The molecule has 0 amide bonds. The Balaban J connectivity index is 2.02. The molecule has 1 aliphatic rings. The molecule has 3 rings (SSSR count). The molecule has 104 valence electrons. The molecule has 20 heavy (non-hydrogen) atoms. The molecule has 2 aromatic rings. The van der Waals surface area contributed by atoms with Crippen LogP contribution in [-0.4, -0.2) is 11.7 Å². The number of aliphatic hydroxyl groups is 1. The van der Waals surface area contributed by atoms with Gasteiger partial charge in [0.25, 0.3) is 0 Å². The van der Waals surface area contributed by atoms with Crippen LogP contribution in [0.15, 0.2) is 48.5 Å². The van der Waals surface area contributed by atoms with Crippen LogP contribution in [0.2, 0.25) is 0 Å². The van der Waals surface area contributed by atoms with E-state index in [0.717, 1.165) is 12.1 Å². The van der Waals surface area contributed by atoms with Crippen LogP contribution in [0, 0.1) is 0 Å². The maximum absolute atomic E-state index is 12.5. The Morgan fingerprint density at radius 1 is 1.00 bits per heavy atom. The number of ether oxygens (including phenoxy) is 1. The van der Waals surface area contributed by atoms with E-state index >= 15 is 0 Å². The van der Waals surface area contributed by atoms with Gasteiger partial charge in [-0.05, 0) is 23.8 Å². The van der Waals surface area contributed by atoms with Crippen LogP contribution < -0.4 is 4.74 Å². The third-order valence-corrected chi connectivity index (χ3v) is 3.46. The van der Waals surface area contributed by atoms with Crippen molar-refractivity contribution in [2.24, 2.45) is 0 Å². The molecular formula is C15H11F3O2. The van der Waals surface area contributed by atoms with E-state index in [4.69, 9.17) is 4.74 Å². The smallest absolute Gasteiger partial charge is 0.416 e. The van der Waals surface area contributed by atoms with Gasteiger partial charge in [0.1, 0.15) is 12.4 Å². The summed E-state index contributed by atoms with van der Waals surface area (Å²) in [5.41, 5.74) is -1.19. The number of benzene rings is 2. The summed E-state index contributed by atoms with van der Waals surface area (Å²) in [7, 11) is 0. The first-order valence-electron chi connectivity index (χ1n) is 6.04. The minimum Gasteiger partial charge on any atom is -0.489 e. The molecule has 0 aliphatic carbocycles. The van der Waals surface area contributed by atoms with Crippen molar-refractivity contribution >= 4 is 0 Å². The maximum atomic E-state index is 12.5. The minimum atomic E-state index is -4.38. The number of rotatable bonds is 1. The van der Waals surface area contributed by atoms with Crippen molar-refractivity contribution in [2.75, 3.05) is 6.61 Å². The van der Waals surface area contributed by atoms with Gasteiger partial charge in [0.2, 0.25) is 0 Å². The largest absolute Gasteiger partial charge is 0.489 e. The summed E-state index contributed by atoms with van der Waals surface area (Å²) in [6.07, 6.45) is -4.38. The quantitative estimate of drug-likeness (QED) is 0.868. The number of para-hydroxylation sites is 1. The predicted octanol–water partition coefficient (Wildman–Crippen LogP) is 3.33. The molecule has 1 unspecified atom stereocenters. The molecule has 0 spiro atoms. The number of fused-ring (bicyclic) bond motifs is 1. The Morgan fingerprint density at radius 3 is 2.30 bits per heavy atom. The van der Waals surface area contributed by atoms with Gasteiger partial charge in [0.15, 0.2) is 5.60 Å². The number of halogens is 3. The molecule has 5 heteroatoms. The van der Waals surface area contributed by atoms with E-state index in [0.29, 0.717) is 16.9 Å². The highest BCUT2D eigenvalue weighted by Gasteiger charge is 2.40. The van der Waals surface area contributed by atoms with Gasteiger partial charge < -0.3 is 9.84 Å². The second-order valence-corrected chi connectivity index (χ2v) is 4.72. The fourth-order valence-electron chi connectivity index (χ4n) is 2.37. The molecule has 1 N–H and O–H groups in total. The second-order valence-electron chi connectivity index (χ2n) is 4.72. The standard InChI is InChI=1S/C15H11F3O2/c16-15(17,18)11-7-5-10(6-8-11)14(19)9-20-13-4-2-1-3-12(13)14/h1-8,19H,9H2. The molecule has 2 aromatic carbocycles. The Labute approximate surface area is 113 Å². The van der Waals surface area contributed by atoms with Crippen LogP contribution in [0.3, 0.4) is 0 Å². The van der Waals surface area contributed by atoms with E-state index in [1.807, 2.05) is 0 Å². The number of hydrogen-bond acceptors (Lipinski definition) is 2. The first-order valence-corrected chi connectivity index (χ1v) is 6.04. The van der Waals surface area contributed by atoms with Crippen LogP contribution in [0.5, 0.6) is 5.75 Å². The van der Waals surface area contributed by atoms with Gasteiger partial charge >= 0.3 is 6.18 Å². The van der Waals surface area contributed by atoms with E-state index < -0.39 is 17.3 Å². The third kappa shape index (κ3) is 1.94. The molecule has 0 aromatic heterocycles. The molecule has 0 bridgehead atoms. The lowest BCUT2D eigenvalue weighted by Gasteiger charge is -2.22. The highest BCUT2D eigenvalue weighted by atomic mass is 19.4. The SMILES string of the molecule is OC1(c2ccc(C(F)(F)F)cc2)COc2ccccc21. The summed E-state index contributed by atoms with van der Waals surface area (Å²) in [5.74, 6) is 0.551. The zero-order valence-corrected chi connectivity index (χ0v) is 10.3. The first kappa shape index (κ1) is 13.0. The average Bonchev–Trinajstić information content (AvgIpc) is 2.78. The van der Waals surface area contributed by atoms with E-state index in [2.05, 4.69) is 0 Å². The lowest BCUT2D eigenvalue weighted by atomic mass is 9.88. The van der Waals surface area contributed by atoms with Crippen LogP contribution in [0.25, 0.3) is 0 Å². The van der Waals surface area contributed by atoms with Crippen molar-refractivity contribution in [3.05, 3.63) is 65.2 Å². The maximum Gasteiger partial charge on any atom is 0.416 e. The molecule has 1 aliphatic heterocycles. The fraction of sp³-hybridized carbons (Fsp3) is 0.200. The summed E-state index contributed by atoms with van der Waals surface area (Å²) in [4.78, 5) is 0. The number of hydrogen-bond donors (Lipinski definition) is 1. The molecule has 0 saturated carbocycles. The summed E-state index contributed by atoms with van der Waals surface area (Å²) in [5, 5.41) is 10.7. The highest BCUT2D eigenvalue weighted by molar-refractivity contribution is 5.48. The van der Waals surface area contributed by atoms with Gasteiger partial charge in [-0.15, -0.1) is 0 Å². The molecule has 2 nitrogen and oxygen atoms in total. The van der Waals surface area contributed by atoms with Crippen LogP contribution in [0.1, 0.15) is 16.7 Å². The van der Waals surface area contributed by atoms with E-state index in [9.17, 15) is 18.3 Å². The van der Waals surface area contributed by atoms with Gasteiger partial charge in [-0.1, -0.05) is 30.3 Å². The lowest BCUT2D eigenvalue weighted by Crippen LogP contribution is -2.29. The van der Waals surface area contributed by atoms with Crippen molar-refractivity contribution in [1.82, 2.24) is 0 Å². The molecule has 1 heterocycles. The molecule has 1 atom stereocenters. The fourth-order valence-corrected chi connectivity index (χ4v) is 2.37. The lowest BCUT2D eigenvalue weighted by molar-refractivity contribution is -0.137. The normalized spacial score (nSPS) is 21.4. The van der Waals surface area contributed by atoms with Crippen LogP contribution in [-0.2, 0) is 11.8 Å². The van der Waals surface area contributed by atoms with Crippen molar-refractivity contribution < 1.29 is 23.0 Å².